The second-order valence-corrected chi connectivity index (χ2v) is 5.53. The maximum atomic E-state index is 11.7. The third-order valence-electron chi connectivity index (χ3n) is 3.60. The summed E-state index contributed by atoms with van der Waals surface area (Å²) < 4.78 is 1.83. The third-order valence-corrected chi connectivity index (χ3v) is 3.60. The number of nitrogens with zero attached hydrogens (tertiary/aromatic N) is 4. The summed E-state index contributed by atoms with van der Waals surface area (Å²) in [6, 6.07) is 0. The van der Waals surface area contributed by atoms with Gasteiger partial charge in [0.25, 0.3) is 0 Å². The molecule has 0 aromatic carbocycles. The van der Waals surface area contributed by atoms with Crippen LogP contribution in [0.25, 0.3) is 0 Å². The van der Waals surface area contributed by atoms with Crippen molar-refractivity contribution in [2.75, 3.05) is 37.8 Å². The van der Waals surface area contributed by atoms with E-state index in [1.807, 2.05) is 4.68 Å². The number of Topliss-reactive ketones (excluding diaryl/α,β-unsaturated/α-hetero) is 1. The lowest BCUT2D eigenvalue weighted by molar-refractivity contribution is -0.114. The Kier molecular flexibility index (Phi) is 3.43. The van der Waals surface area contributed by atoms with E-state index in [0.29, 0.717) is 24.9 Å². The molecule has 2 heterocycles. The van der Waals surface area contributed by atoms with Crippen LogP contribution < -0.4 is 10.6 Å². The average Bonchev–Trinajstić information content (AvgIpc) is 2.96. The molecule has 0 saturated carbocycles. The summed E-state index contributed by atoms with van der Waals surface area (Å²) in [6.07, 6.45) is 2.49. The molecule has 0 saturated heterocycles. The van der Waals surface area contributed by atoms with Gasteiger partial charge in [-0.1, -0.05) is 0 Å². The minimum atomic E-state index is 0.190. The van der Waals surface area contributed by atoms with E-state index >= 15 is 0 Å². The minimum Gasteiger partial charge on any atom is -0.353 e. The first kappa shape index (κ1) is 13.1. The molecule has 2 aliphatic rings. The van der Waals surface area contributed by atoms with Crippen molar-refractivity contribution in [3.05, 3.63) is 11.3 Å². The van der Waals surface area contributed by atoms with Crippen LogP contribution >= 0.6 is 0 Å². The van der Waals surface area contributed by atoms with Gasteiger partial charge < -0.3 is 15.5 Å². The average molecular weight is 276 g/mol. The Labute approximate surface area is 118 Å². The number of fused-ring (bicyclic) bond motifs is 1. The standard InChI is InChI=1S/C13H20N6O/c1-18(2)7-3-6-14-12-16-13-15-11-9(4-5-10(11)20)8-19(13)17-12/h3-8H2,1-2H3,(H2,14,15,16,17). The van der Waals surface area contributed by atoms with Gasteiger partial charge in [-0.05, 0) is 39.1 Å². The fraction of sp³-hybridized carbons (Fsp3) is 0.615. The first-order chi connectivity index (χ1) is 9.63. The van der Waals surface area contributed by atoms with Gasteiger partial charge in [0.15, 0.2) is 5.78 Å². The molecule has 1 aromatic rings. The molecule has 0 atom stereocenters. The van der Waals surface area contributed by atoms with Crippen LogP contribution in [0.15, 0.2) is 11.3 Å². The molecule has 0 radical (unpaired) electrons. The van der Waals surface area contributed by atoms with Gasteiger partial charge in [0.1, 0.15) is 0 Å². The predicted molar refractivity (Wildman–Crippen MR) is 76.6 cm³/mol. The van der Waals surface area contributed by atoms with E-state index in [1.165, 1.54) is 0 Å². The summed E-state index contributed by atoms with van der Waals surface area (Å²) in [5.74, 6) is 1.48. The van der Waals surface area contributed by atoms with Crippen LogP contribution in [0.3, 0.4) is 0 Å². The Morgan fingerprint density at radius 2 is 2.25 bits per heavy atom. The van der Waals surface area contributed by atoms with Crippen molar-refractivity contribution in [2.24, 2.45) is 0 Å². The molecule has 0 spiro atoms. The molecule has 0 bridgehead atoms. The summed E-state index contributed by atoms with van der Waals surface area (Å²) in [5, 5.41) is 10.8. The van der Waals surface area contributed by atoms with Crippen molar-refractivity contribution in [3.63, 3.8) is 0 Å². The number of ketones is 1. The molecule has 0 amide bonds. The lowest BCUT2D eigenvalue weighted by Gasteiger charge is -2.15. The van der Waals surface area contributed by atoms with Crippen molar-refractivity contribution >= 4 is 17.7 Å². The monoisotopic (exact) mass is 276 g/mol. The largest absolute Gasteiger partial charge is 0.353 e. The fourth-order valence-corrected chi connectivity index (χ4v) is 2.54. The van der Waals surface area contributed by atoms with Crippen molar-refractivity contribution in [3.8, 4) is 0 Å². The van der Waals surface area contributed by atoms with Crippen LogP contribution in [0, 0.1) is 0 Å². The van der Waals surface area contributed by atoms with Gasteiger partial charge in [-0.2, -0.15) is 4.98 Å². The SMILES string of the molecule is CN(C)CCCNc1nc2n(n1)CC1=C(N2)C(=O)CC1. The van der Waals surface area contributed by atoms with Crippen LogP contribution in [0.4, 0.5) is 11.9 Å². The van der Waals surface area contributed by atoms with E-state index in [-0.39, 0.29) is 5.78 Å². The molecular formula is C13H20N6O. The number of allylic oxidation sites excluding steroid dienone is 2. The van der Waals surface area contributed by atoms with E-state index in [2.05, 4.69) is 39.7 Å². The van der Waals surface area contributed by atoms with Crippen LogP contribution in [0.5, 0.6) is 0 Å². The molecule has 20 heavy (non-hydrogen) atoms. The summed E-state index contributed by atoms with van der Waals surface area (Å²) in [5.41, 5.74) is 1.88. The first-order valence-electron chi connectivity index (χ1n) is 6.99. The van der Waals surface area contributed by atoms with Crippen molar-refractivity contribution < 1.29 is 4.79 Å². The number of rotatable bonds is 5. The zero-order valence-corrected chi connectivity index (χ0v) is 11.9. The number of hydrogen-bond acceptors (Lipinski definition) is 6. The molecular weight excluding hydrogens is 256 g/mol. The van der Waals surface area contributed by atoms with Crippen LogP contribution in [-0.4, -0.2) is 52.6 Å². The highest BCUT2D eigenvalue weighted by molar-refractivity contribution is 6.01. The molecule has 108 valence electrons. The number of anilines is 2. The van der Waals surface area contributed by atoms with Gasteiger partial charge >= 0.3 is 0 Å². The van der Waals surface area contributed by atoms with Gasteiger partial charge in [0, 0.05) is 13.0 Å². The molecule has 1 aromatic heterocycles. The number of carbonyl (C=O) groups is 1. The topological polar surface area (TPSA) is 75.1 Å². The number of carbonyl (C=O) groups excluding carboxylic acids is 1. The van der Waals surface area contributed by atoms with Crippen LogP contribution in [-0.2, 0) is 11.3 Å². The summed E-state index contributed by atoms with van der Waals surface area (Å²) in [7, 11) is 4.11. The smallest absolute Gasteiger partial charge is 0.243 e. The third kappa shape index (κ3) is 2.53. The lowest BCUT2D eigenvalue weighted by Crippen LogP contribution is -2.19. The lowest BCUT2D eigenvalue weighted by atomic mass is 10.2. The van der Waals surface area contributed by atoms with E-state index < -0.39 is 0 Å². The Bertz CT molecular complexity index is 559. The number of aromatic nitrogens is 3. The number of hydrogen-bond donors (Lipinski definition) is 2. The molecule has 3 rings (SSSR count). The normalized spacial score (nSPS) is 17.2. The second-order valence-electron chi connectivity index (χ2n) is 5.53. The zero-order chi connectivity index (χ0) is 14.1. The van der Waals surface area contributed by atoms with Crippen LogP contribution in [0.1, 0.15) is 19.3 Å². The molecule has 1 aliphatic carbocycles. The van der Waals surface area contributed by atoms with Gasteiger partial charge in [-0.15, -0.1) is 5.10 Å². The maximum absolute atomic E-state index is 11.7. The van der Waals surface area contributed by atoms with Gasteiger partial charge in [0.05, 0.1) is 12.2 Å². The van der Waals surface area contributed by atoms with Crippen LogP contribution in [0.2, 0.25) is 0 Å². The minimum absolute atomic E-state index is 0.190. The molecule has 2 N–H and O–H groups in total. The molecule has 0 fully saturated rings. The Balaban J connectivity index is 1.60. The van der Waals surface area contributed by atoms with Gasteiger partial charge in [-0.25, -0.2) is 4.68 Å². The molecule has 0 unspecified atom stereocenters. The highest BCUT2D eigenvalue weighted by atomic mass is 16.1. The summed E-state index contributed by atoms with van der Waals surface area (Å²) in [6.45, 7) is 2.55. The highest BCUT2D eigenvalue weighted by Gasteiger charge is 2.29. The van der Waals surface area contributed by atoms with Crippen molar-refractivity contribution in [2.45, 2.75) is 25.8 Å². The predicted octanol–water partition coefficient (Wildman–Crippen LogP) is 0.684. The van der Waals surface area contributed by atoms with Crippen molar-refractivity contribution in [1.29, 1.82) is 0 Å². The van der Waals surface area contributed by atoms with Gasteiger partial charge in [0.2, 0.25) is 11.9 Å². The molecule has 7 nitrogen and oxygen atoms in total. The highest BCUT2D eigenvalue weighted by Crippen LogP contribution is 2.30. The van der Waals surface area contributed by atoms with E-state index in [1.54, 1.807) is 0 Å². The van der Waals surface area contributed by atoms with E-state index in [9.17, 15) is 4.79 Å². The maximum Gasteiger partial charge on any atom is 0.243 e. The summed E-state index contributed by atoms with van der Waals surface area (Å²) in [4.78, 5) is 18.2. The number of nitrogens with one attached hydrogen (secondary N) is 2. The second kappa shape index (κ2) is 5.24. The molecule has 1 aliphatic heterocycles. The fourth-order valence-electron chi connectivity index (χ4n) is 2.54. The van der Waals surface area contributed by atoms with Gasteiger partial charge in [-0.3, -0.25) is 4.79 Å². The first-order valence-corrected chi connectivity index (χ1v) is 6.99. The quantitative estimate of drug-likeness (QED) is 0.771. The summed E-state index contributed by atoms with van der Waals surface area (Å²) >= 11 is 0. The van der Waals surface area contributed by atoms with E-state index in [0.717, 1.165) is 37.2 Å². The zero-order valence-electron chi connectivity index (χ0n) is 11.9. The Hall–Kier alpha value is -1.89. The van der Waals surface area contributed by atoms with Crippen molar-refractivity contribution in [1.82, 2.24) is 19.7 Å². The van der Waals surface area contributed by atoms with E-state index in [4.69, 9.17) is 0 Å². The molecule has 7 heteroatoms. The Morgan fingerprint density at radius 3 is 3.05 bits per heavy atom. The Morgan fingerprint density at radius 1 is 1.40 bits per heavy atom.